The molecule has 0 saturated heterocycles. The number of aromatic nitrogens is 4. The standard InChI is InChI=1S/C11H18N4S2/c1-4-5-8-9-10(14(2)13-8)15(6-7-17-3)11(16)12-9/h4-7H2,1-3H3,(H,12,16). The van der Waals surface area contributed by atoms with Gasteiger partial charge in [0.25, 0.3) is 0 Å². The molecule has 0 aromatic carbocycles. The molecule has 2 heterocycles. The second kappa shape index (κ2) is 5.27. The average Bonchev–Trinajstić information content (AvgIpc) is 2.76. The molecule has 94 valence electrons. The number of rotatable bonds is 5. The molecule has 0 radical (unpaired) electrons. The Morgan fingerprint density at radius 3 is 2.88 bits per heavy atom. The van der Waals surface area contributed by atoms with Crippen LogP contribution in [0, 0.1) is 4.77 Å². The van der Waals surface area contributed by atoms with E-state index < -0.39 is 0 Å². The molecule has 2 rings (SSSR count). The Morgan fingerprint density at radius 2 is 2.24 bits per heavy atom. The maximum absolute atomic E-state index is 5.38. The Labute approximate surface area is 110 Å². The van der Waals surface area contributed by atoms with Crippen LogP contribution >= 0.6 is 24.0 Å². The first-order valence-corrected chi connectivity index (χ1v) is 7.62. The minimum Gasteiger partial charge on any atom is -0.328 e. The summed E-state index contributed by atoms with van der Waals surface area (Å²) >= 11 is 7.21. The third-order valence-corrected chi connectivity index (χ3v) is 3.74. The predicted octanol–water partition coefficient (Wildman–Crippen LogP) is 2.75. The molecule has 2 aromatic heterocycles. The number of aromatic amines is 1. The summed E-state index contributed by atoms with van der Waals surface area (Å²) in [5, 5.41) is 4.56. The number of nitrogens with zero attached hydrogens (tertiary/aromatic N) is 3. The first-order valence-electron chi connectivity index (χ1n) is 5.82. The lowest BCUT2D eigenvalue weighted by Crippen LogP contribution is -2.04. The first kappa shape index (κ1) is 12.7. The summed E-state index contributed by atoms with van der Waals surface area (Å²) in [5.74, 6) is 1.07. The largest absolute Gasteiger partial charge is 0.328 e. The van der Waals surface area contributed by atoms with Crippen LogP contribution < -0.4 is 0 Å². The van der Waals surface area contributed by atoms with Crippen LogP contribution in [0.5, 0.6) is 0 Å². The van der Waals surface area contributed by atoms with Gasteiger partial charge in [0.05, 0.1) is 5.69 Å². The third kappa shape index (κ3) is 2.28. The van der Waals surface area contributed by atoms with Gasteiger partial charge in [0.15, 0.2) is 10.4 Å². The summed E-state index contributed by atoms with van der Waals surface area (Å²) < 4.78 is 4.89. The van der Waals surface area contributed by atoms with Crippen molar-refractivity contribution in [3.8, 4) is 0 Å². The smallest absolute Gasteiger partial charge is 0.179 e. The summed E-state index contributed by atoms with van der Waals surface area (Å²) in [6, 6.07) is 0. The van der Waals surface area contributed by atoms with Gasteiger partial charge in [0.1, 0.15) is 5.52 Å². The van der Waals surface area contributed by atoms with Gasteiger partial charge >= 0.3 is 0 Å². The van der Waals surface area contributed by atoms with E-state index in [2.05, 4.69) is 27.8 Å². The Bertz CT molecular complexity index is 564. The van der Waals surface area contributed by atoms with Crippen molar-refractivity contribution in [3.63, 3.8) is 0 Å². The highest BCUT2D eigenvalue weighted by Gasteiger charge is 2.14. The second-order valence-electron chi connectivity index (χ2n) is 4.09. The Hall–Kier alpha value is -0.750. The van der Waals surface area contributed by atoms with E-state index in [4.69, 9.17) is 12.2 Å². The summed E-state index contributed by atoms with van der Waals surface area (Å²) in [6.07, 6.45) is 4.21. The molecule has 1 N–H and O–H groups in total. The monoisotopic (exact) mass is 270 g/mol. The second-order valence-corrected chi connectivity index (χ2v) is 5.47. The molecule has 0 bridgehead atoms. The number of imidazole rings is 1. The molecular weight excluding hydrogens is 252 g/mol. The molecule has 0 aliphatic carbocycles. The fraction of sp³-hybridized carbons (Fsp3) is 0.636. The van der Waals surface area contributed by atoms with Crippen LogP contribution in [0.4, 0.5) is 0 Å². The van der Waals surface area contributed by atoms with Crippen LogP contribution in [0.1, 0.15) is 19.0 Å². The van der Waals surface area contributed by atoms with E-state index in [1.165, 1.54) is 0 Å². The average molecular weight is 270 g/mol. The minimum absolute atomic E-state index is 0.805. The van der Waals surface area contributed by atoms with Gasteiger partial charge in [0.2, 0.25) is 0 Å². The quantitative estimate of drug-likeness (QED) is 0.849. The van der Waals surface area contributed by atoms with Crippen molar-refractivity contribution in [1.82, 2.24) is 19.3 Å². The van der Waals surface area contributed by atoms with E-state index in [0.29, 0.717) is 0 Å². The molecule has 4 nitrogen and oxygen atoms in total. The Morgan fingerprint density at radius 1 is 1.47 bits per heavy atom. The Kier molecular flexibility index (Phi) is 3.93. The number of H-pyrrole nitrogens is 1. The first-order chi connectivity index (χ1) is 8.19. The van der Waals surface area contributed by atoms with Crippen molar-refractivity contribution in [2.75, 3.05) is 12.0 Å². The summed E-state index contributed by atoms with van der Waals surface area (Å²) in [5.41, 5.74) is 3.35. The highest BCUT2D eigenvalue weighted by molar-refractivity contribution is 7.98. The van der Waals surface area contributed by atoms with E-state index in [1.807, 2.05) is 23.5 Å². The lowest BCUT2D eigenvalue weighted by molar-refractivity contribution is 0.694. The van der Waals surface area contributed by atoms with Crippen molar-refractivity contribution in [2.24, 2.45) is 7.05 Å². The van der Waals surface area contributed by atoms with E-state index in [9.17, 15) is 0 Å². The van der Waals surface area contributed by atoms with Gasteiger partial charge in [-0.1, -0.05) is 13.3 Å². The Balaban J connectivity index is 2.53. The molecular formula is C11H18N4S2. The van der Waals surface area contributed by atoms with Gasteiger partial charge in [-0.2, -0.15) is 16.9 Å². The van der Waals surface area contributed by atoms with Gasteiger partial charge in [-0.05, 0) is 24.9 Å². The lowest BCUT2D eigenvalue weighted by Gasteiger charge is -2.02. The zero-order chi connectivity index (χ0) is 12.4. The van der Waals surface area contributed by atoms with Crippen LogP contribution in [0.3, 0.4) is 0 Å². The molecule has 2 aromatic rings. The molecule has 0 aliphatic heterocycles. The van der Waals surface area contributed by atoms with Gasteiger partial charge < -0.3 is 9.55 Å². The molecule has 17 heavy (non-hydrogen) atoms. The highest BCUT2D eigenvalue weighted by atomic mass is 32.2. The summed E-state index contributed by atoms with van der Waals surface area (Å²) in [6.45, 7) is 3.10. The number of fused-ring (bicyclic) bond motifs is 1. The fourth-order valence-electron chi connectivity index (χ4n) is 2.08. The highest BCUT2D eigenvalue weighted by Crippen LogP contribution is 2.19. The predicted molar refractivity (Wildman–Crippen MR) is 76.3 cm³/mol. The van der Waals surface area contributed by atoms with E-state index in [-0.39, 0.29) is 0 Å². The molecule has 0 fully saturated rings. The summed E-state index contributed by atoms with van der Waals surface area (Å²) in [4.78, 5) is 3.30. The van der Waals surface area contributed by atoms with Crippen molar-refractivity contribution in [2.45, 2.75) is 26.3 Å². The molecule has 0 amide bonds. The van der Waals surface area contributed by atoms with E-state index in [0.717, 1.165) is 46.8 Å². The number of nitrogens with one attached hydrogen (secondary N) is 1. The van der Waals surface area contributed by atoms with E-state index in [1.54, 1.807) is 0 Å². The van der Waals surface area contributed by atoms with Crippen LogP contribution in [0.25, 0.3) is 11.2 Å². The van der Waals surface area contributed by atoms with Gasteiger partial charge in [-0.15, -0.1) is 0 Å². The molecule has 6 heteroatoms. The van der Waals surface area contributed by atoms with Gasteiger partial charge in [-0.25, -0.2) is 0 Å². The van der Waals surface area contributed by atoms with Crippen LogP contribution in [-0.4, -0.2) is 31.3 Å². The van der Waals surface area contributed by atoms with Crippen LogP contribution in [0.15, 0.2) is 0 Å². The van der Waals surface area contributed by atoms with Crippen LogP contribution in [-0.2, 0) is 20.0 Å². The molecule has 0 spiro atoms. The zero-order valence-electron chi connectivity index (χ0n) is 10.5. The normalized spacial score (nSPS) is 11.5. The fourth-order valence-corrected chi connectivity index (χ4v) is 2.72. The van der Waals surface area contributed by atoms with Crippen molar-refractivity contribution >= 4 is 35.1 Å². The van der Waals surface area contributed by atoms with Gasteiger partial charge in [0, 0.05) is 19.3 Å². The number of hydrogen-bond donors (Lipinski definition) is 1. The number of aryl methyl sites for hydroxylation is 3. The number of hydrogen-bond acceptors (Lipinski definition) is 3. The van der Waals surface area contributed by atoms with Crippen molar-refractivity contribution in [1.29, 1.82) is 0 Å². The summed E-state index contributed by atoms with van der Waals surface area (Å²) in [7, 11) is 1.99. The lowest BCUT2D eigenvalue weighted by atomic mass is 10.2. The topological polar surface area (TPSA) is 38.5 Å². The zero-order valence-corrected chi connectivity index (χ0v) is 12.1. The maximum Gasteiger partial charge on any atom is 0.179 e. The van der Waals surface area contributed by atoms with Crippen molar-refractivity contribution in [3.05, 3.63) is 10.5 Å². The maximum atomic E-state index is 5.38. The molecule has 0 unspecified atom stereocenters. The third-order valence-electron chi connectivity index (χ3n) is 2.83. The van der Waals surface area contributed by atoms with Crippen LogP contribution in [0.2, 0.25) is 0 Å². The van der Waals surface area contributed by atoms with Crippen molar-refractivity contribution < 1.29 is 0 Å². The SMILES string of the molecule is CCCc1nn(C)c2c1[nH]c(=S)n2CCSC. The molecule has 0 atom stereocenters. The van der Waals surface area contributed by atoms with Gasteiger partial charge in [-0.3, -0.25) is 4.68 Å². The van der Waals surface area contributed by atoms with E-state index >= 15 is 0 Å². The molecule has 0 aliphatic rings. The molecule has 0 saturated carbocycles. The number of thioether (sulfide) groups is 1. The minimum atomic E-state index is 0.805.